The highest BCUT2D eigenvalue weighted by molar-refractivity contribution is 5.69. The van der Waals surface area contributed by atoms with Crippen molar-refractivity contribution < 1.29 is 40.5 Å². The van der Waals surface area contributed by atoms with E-state index in [4.69, 9.17) is 14.2 Å². The van der Waals surface area contributed by atoms with Crippen molar-refractivity contribution in [1.82, 2.24) is 4.90 Å². The molecule has 0 atom stereocenters. The summed E-state index contributed by atoms with van der Waals surface area (Å²) in [6.07, 6.45) is 29.1. The van der Waals surface area contributed by atoms with E-state index in [1.54, 1.807) is 0 Å². The number of piperazine rings is 1. The van der Waals surface area contributed by atoms with Gasteiger partial charge >= 0.3 is 5.97 Å². The number of quaternary nitrogens is 1. The Hall–Kier alpha value is -0.470. The number of likely N-dealkylation sites (N-methyl/N-ethyl adjacent to an activating group) is 1. The van der Waals surface area contributed by atoms with Crippen LogP contribution in [0.15, 0.2) is 12.2 Å². The minimum atomic E-state index is -0.114. The number of allylic oxidation sites excluding steroid dienone is 2. The molecule has 0 saturated carbocycles. The van der Waals surface area contributed by atoms with Crippen LogP contribution in [0.5, 0.6) is 0 Å². The molecular weight excluding hydrogens is 604 g/mol. The van der Waals surface area contributed by atoms with Crippen molar-refractivity contribution in [3.8, 4) is 0 Å². The van der Waals surface area contributed by atoms with Crippen LogP contribution in [-0.4, -0.2) is 94.7 Å². The lowest BCUT2D eigenvalue weighted by Gasteiger charge is -2.42. The molecule has 1 fully saturated rings. The summed E-state index contributed by atoms with van der Waals surface area (Å²) in [6, 6.07) is 0. The van der Waals surface area contributed by atoms with Gasteiger partial charge in [0.05, 0.1) is 52.9 Å². The Bertz CT molecular complexity index is 626. The van der Waals surface area contributed by atoms with Gasteiger partial charge in [0.25, 0.3) is 0 Å². The van der Waals surface area contributed by atoms with Gasteiger partial charge in [-0.25, -0.2) is 0 Å². The van der Waals surface area contributed by atoms with Crippen molar-refractivity contribution in [2.45, 2.75) is 136 Å². The largest absolute Gasteiger partial charge is 1.00 e. The summed E-state index contributed by atoms with van der Waals surface area (Å²) in [7, 11) is 2.39. The smallest absolute Gasteiger partial charge is 0.307 e. The number of rotatable bonds is 30. The third kappa shape index (κ3) is 27.6. The molecule has 6 nitrogen and oxygen atoms in total. The SMILES string of the molecule is CCCCCCCC/C=C\CCCCCCCCOCCOCCOC(=O)CCN1CC[N+](C)(CCCCCC)CC1.[Br-]. The first-order chi connectivity index (χ1) is 20.6. The zero-order chi connectivity index (χ0) is 30.4. The van der Waals surface area contributed by atoms with Crippen LogP contribution < -0.4 is 17.0 Å². The van der Waals surface area contributed by atoms with E-state index in [2.05, 4.69) is 37.9 Å². The normalized spacial score (nSPS) is 15.1. The molecule has 1 aliphatic heterocycles. The third-order valence-corrected chi connectivity index (χ3v) is 8.76. The van der Waals surface area contributed by atoms with E-state index in [1.165, 1.54) is 133 Å². The van der Waals surface area contributed by atoms with E-state index >= 15 is 0 Å². The Morgan fingerprint density at radius 3 is 1.74 bits per heavy atom. The van der Waals surface area contributed by atoms with Crippen molar-refractivity contribution in [3.63, 3.8) is 0 Å². The van der Waals surface area contributed by atoms with E-state index in [0.29, 0.717) is 32.8 Å². The van der Waals surface area contributed by atoms with Gasteiger partial charge in [-0.05, 0) is 44.9 Å². The van der Waals surface area contributed by atoms with E-state index in [1.807, 2.05) is 0 Å². The quantitative estimate of drug-likeness (QED) is 0.0446. The monoisotopic (exact) mass is 674 g/mol. The molecule has 1 heterocycles. The number of hydrogen-bond acceptors (Lipinski definition) is 5. The molecule has 1 saturated heterocycles. The maximum absolute atomic E-state index is 12.1. The third-order valence-electron chi connectivity index (χ3n) is 8.76. The summed E-state index contributed by atoms with van der Waals surface area (Å²) >= 11 is 0. The Morgan fingerprint density at radius 2 is 1.14 bits per heavy atom. The Labute approximate surface area is 278 Å². The second-order valence-electron chi connectivity index (χ2n) is 12.8. The fourth-order valence-electron chi connectivity index (χ4n) is 5.67. The predicted molar refractivity (Wildman–Crippen MR) is 178 cm³/mol. The highest BCUT2D eigenvalue weighted by atomic mass is 79.9. The van der Waals surface area contributed by atoms with Crippen molar-refractivity contribution in [2.75, 3.05) is 79.4 Å². The topological polar surface area (TPSA) is 48.0 Å². The van der Waals surface area contributed by atoms with Crippen LogP contribution in [-0.2, 0) is 19.0 Å². The zero-order valence-corrected chi connectivity index (χ0v) is 30.4. The molecule has 0 unspecified atom stereocenters. The fraction of sp³-hybridized carbons (Fsp3) is 0.917. The molecule has 1 rings (SSSR count). The van der Waals surface area contributed by atoms with Gasteiger partial charge in [0.15, 0.2) is 0 Å². The summed E-state index contributed by atoms with van der Waals surface area (Å²) in [5.41, 5.74) is 0. The number of unbranched alkanes of at least 4 members (excludes halogenated alkanes) is 15. The van der Waals surface area contributed by atoms with Crippen molar-refractivity contribution in [1.29, 1.82) is 0 Å². The average molecular weight is 676 g/mol. The van der Waals surface area contributed by atoms with E-state index in [-0.39, 0.29) is 23.0 Å². The molecule has 0 aromatic carbocycles. The second-order valence-corrected chi connectivity index (χ2v) is 12.8. The number of hydrogen-bond donors (Lipinski definition) is 0. The molecular formula is C36H71BrN2O4. The molecule has 0 radical (unpaired) electrons. The first-order valence-corrected chi connectivity index (χ1v) is 18.1. The highest BCUT2D eigenvalue weighted by Crippen LogP contribution is 2.14. The van der Waals surface area contributed by atoms with Crippen LogP contribution in [0.3, 0.4) is 0 Å². The summed E-state index contributed by atoms with van der Waals surface area (Å²) in [6.45, 7) is 14.0. The van der Waals surface area contributed by atoms with Crippen molar-refractivity contribution in [2.24, 2.45) is 0 Å². The number of nitrogens with zero attached hydrogens (tertiary/aromatic N) is 2. The Morgan fingerprint density at radius 1 is 0.651 bits per heavy atom. The predicted octanol–water partition coefficient (Wildman–Crippen LogP) is 5.34. The summed E-state index contributed by atoms with van der Waals surface area (Å²) in [5.74, 6) is -0.114. The number of halogens is 1. The molecule has 1 aliphatic rings. The van der Waals surface area contributed by atoms with Crippen molar-refractivity contribution >= 4 is 5.97 Å². The van der Waals surface area contributed by atoms with Crippen LogP contribution >= 0.6 is 0 Å². The molecule has 0 aliphatic carbocycles. The zero-order valence-electron chi connectivity index (χ0n) is 28.8. The number of carbonyl (C=O) groups is 1. The molecule has 0 amide bonds. The van der Waals surface area contributed by atoms with Crippen LogP contribution in [0.1, 0.15) is 136 Å². The molecule has 0 aromatic heterocycles. The standard InChI is InChI=1S/C36H71N2O4.BrH/c1-4-6-8-10-11-12-13-14-15-16-17-18-19-20-21-23-31-40-32-33-41-34-35-42-36(39)24-25-37-26-29-38(3,30-27-37)28-22-9-7-5-2;/h14-15H,4-13,16-35H2,1-3H3;1H/q+1;/p-1/b15-14-;. The van der Waals surface area contributed by atoms with Gasteiger partial charge in [0.1, 0.15) is 6.61 Å². The van der Waals surface area contributed by atoms with Gasteiger partial charge in [0, 0.05) is 26.2 Å². The summed E-state index contributed by atoms with van der Waals surface area (Å²) in [4.78, 5) is 14.5. The fourth-order valence-corrected chi connectivity index (χ4v) is 5.67. The molecule has 0 aromatic rings. The maximum atomic E-state index is 12.1. The summed E-state index contributed by atoms with van der Waals surface area (Å²) in [5, 5.41) is 0. The first kappa shape index (κ1) is 42.5. The molecule has 0 bridgehead atoms. The molecule has 0 spiro atoms. The molecule has 43 heavy (non-hydrogen) atoms. The van der Waals surface area contributed by atoms with Gasteiger partial charge in [-0.3, -0.25) is 9.69 Å². The number of esters is 1. The van der Waals surface area contributed by atoms with Crippen LogP contribution in [0, 0.1) is 0 Å². The number of carbonyl (C=O) groups excluding carboxylic acids is 1. The minimum Gasteiger partial charge on any atom is -1.00 e. The minimum absolute atomic E-state index is 0. The lowest BCUT2D eigenvalue weighted by molar-refractivity contribution is -0.913. The average Bonchev–Trinajstić information content (AvgIpc) is 2.99. The molecule has 256 valence electrons. The Balaban J connectivity index is 0.0000176. The molecule has 7 heteroatoms. The van der Waals surface area contributed by atoms with Gasteiger partial charge < -0.3 is 35.7 Å². The van der Waals surface area contributed by atoms with E-state index < -0.39 is 0 Å². The summed E-state index contributed by atoms with van der Waals surface area (Å²) < 4.78 is 17.8. The van der Waals surface area contributed by atoms with E-state index in [0.717, 1.165) is 32.7 Å². The Kier molecular flexibility index (Phi) is 31.2. The number of ether oxygens (including phenoxy) is 3. The highest BCUT2D eigenvalue weighted by Gasteiger charge is 2.28. The molecule has 0 N–H and O–H groups in total. The maximum Gasteiger partial charge on any atom is 0.307 e. The van der Waals surface area contributed by atoms with Crippen LogP contribution in [0.2, 0.25) is 0 Å². The van der Waals surface area contributed by atoms with Crippen LogP contribution in [0.25, 0.3) is 0 Å². The van der Waals surface area contributed by atoms with Gasteiger partial charge in [0.2, 0.25) is 0 Å². The lowest BCUT2D eigenvalue weighted by Crippen LogP contribution is -3.00. The van der Waals surface area contributed by atoms with Gasteiger partial charge in [-0.2, -0.15) is 0 Å². The van der Waals surface area contributed by atoms with Gasteiger partial charge in [-0.1, -0.05) is 96.6 Å². The second kappa shape index (κ2) is 31.5. The lowest BCUT2D eigenvalue weighted by atomic mass is 10.1. The van der Waals surface area contributed by atoms with E-state index in [9.17, 15) is 4.79 Å². The van der Waals surface area contributed by atoms with Gasteiger partial charge in [-0.15, -0.1) is 0 Å². The van der Waals surface area contributed by atoms with Crippen molar-refractivity contribution in [3.05, 3.63) is 12.2 Å². The first-order valence-electron chi connectivity index (χ1n) is 18.1. The van der Waals surface area contributed by atoms with Crippen LogP contribution in [0.4, 0.5) is 0 Å².